The fourth-order valence-electron chi connectivity index (χ4n) is 5.01. The second-order valence-electron chi connectivity index (χ2n) is 11.9. The molecule has 16 heteroatoms. The van der Waals surface area contributed by atoms with Gasteiger partial charge in [0.15, 0.2) is 0 Å². The lowest BCUT2D eigenvalue weighted by Gasteiger charge is -2.27. The summed E-state index contributed by atoms with van der Waals surface area (Å²) in [6.45, 7) is 1.44. The molecule has 0 aliphatic rings. The summed E-state index contributed by atoms with van der Waals surface area (Å²) < 4.78 is 87.4. The third-order valence-electron chi connectivity index (χ3n) is 7.73. The molecule has 0 saturated carbocycles. The minimum Gasteiger partial charge on any atom is -0.495 e. The van der Waals surface area contributed by atoms with Crippen molar-refractivity contribution in [3.8, 4) is 22.9 Å². The number of methoxy groups -OCH3 is 1. The first-order chi connectivity index (χ1) is 23.9. The summed E-state index contributed by atoms with van der Waals surface area (Å²) in [4.78, 5) is 20.9. The Labute approximate surface area is 299 Å². The maximum absolute atomic E-state index is 15.4. The number of para-hydroxylation sites is 1. The van der Waals surface area contributed by atoms with Crippen molar-refractivity contribution in [3.63, 3.8) is 0 Å². The van der Waals surface area contributed by atoms with Crippen molar-refractivity contribution < 1.29 is 50.6 Å². The number of carbonyl (C=O) groups is 1. The van der Waals surface area contributed by atoms with Gasteiger partial charge in [-0.05, 0) is 66.4 Å². The first-order valence-corrected chi connectivity index (χ1v) is 18.6. The molecule has 270 valence electrons. The van der Waals surface area contributed by atoms with Gasteiger partial charge in [-0.3, -0.25) is 4.57 Å². The molecule has 0 saturated heterocycles. The zero-order valence-corrected chi connectivity index (χ0v) is 30.1. The highest BCUT2D eigenvalue weighted by molar-refractivity contribution is 7.89. The second kappa shape index (κ2) is 15.9. The summed E-state index contributed by atoms with van der Waals surface area (Å²) in [5.41, 5.74) is -4.08. The van der Waals surface area contributed by atoms with Gasteiger partial charge in [-0.2, -0.15) is 18.3 Å². The fourth-order valence-corrected chi connectivity index (χ4v) is 7.97. The van der Waals surface area contributed by atoms with Crippen molar-refractivity contribution in [2.75, 3.05) is 13.7 Å². The van der Waals surface area contributed by atoms with Gasteiger partial charge in [0, 0.05) is 19.5 Å². The summed E-state index contributed by atoms with van der Waals surface area (Å²) in [5.74, 6) is 0.0832. The number of nitrogens with zero attached hydrogens (tertiary/aromatic N) is 2. The van der Waals surface area contributed by atoms with E-state index in [4.69, 9.17) is 21.4 Å². The maximum Gasteiger partial charge on any atom is 0.506 e. The van der Waals surface area contributed by atoms with Gasteiger partial charge in [-0.1, -0.05) is 72.3 Å². The van der Waals surface area contributed by atoms with Crippen LogP contribution in [0.2, 0.25) is 5.02 Å². The number of ether oxygens (including phenoxy) is 2. The highest BCUT2D eigenvalue weighted by Crippen LogP contribution is 2.64. The number of carboxylic acid groups (broad SMARTS) is 1. The quantitative estimate of drug-likeness (QED) is 0.0888. The predicted molar refractivity (Wildman–Crippen MR) is 185 cm³/mol. The van der Waals surface area contributed by atoms with Crippen LogP contribution in [0.3, 0.4) is 0 Å². The van der Waals surface area contributed by atoms with Gasteiger partial charge in [0.1, 0.15) is 16.2 Å². The minimum atomic E-state index is -5.72. The standard InChI is InChI=1S/C35H34ClF2N2O9PS/c1-34(2,49-33(41)42)17-18-48-50(43,44)35(37,38)29-16-13-26(20-30(29)36)23-40(51(45,46)32-10-5-4-9-31(32)47-3)22-24-11-14-27(15-12-24)28-8-6-7-25(19-28)21-39/h4-16,19-20H,17-18,22-23H2,1-3H3,(H,41,42)(H,43,44). The number of sulfonamides is 1. The smallest absolute Gasteiger partial charge is 0.495 e. The van der Waals surface area contributed by atoms with E-state index in [0.29, 0.717) is 11.1 Å². The van der Waals surface area contributed by atoms with Crippen LogP contribution in [-0.2, 0) is 42.6 Å². The van der Waals surface area contributed by atoms with Crippen molar-refractivity contribution in [1.82, 2.24) is 4.31 Å². The Hall–Kier alpha value is -4.35. The Bertz CT molecular complexity index is 2090. The Kier molecular flexibility index (Phi) is 12.3. The molecular formula is C35H34ClF2N2O9PS. The van der Waals surface area contributed by atoms with Crippen LogP contribution in [0.5, 0.6) is 5.75 Å². The Morgan fingerprint density at radius 1 is 0.961 bits per heavy atom. The van der Waals surface area contributed by atoms with Crippen LogP contribution >= 0.6 is 19.2 Å². The van der Waals surface area contributed by atoms with Crippen LogP contribution in [0.1, 0.15) is 42.5 Å². The highest BCUT2D eigenvalue weighted by atomic mass is 35.5. The summed E-state index contributed by atoms with van der Waals surface area (Å²) in [6.07, 6.45) is -1.92. The average Bonchev–Trinajstić information content (AvgIpc) is 3.07. The van der Waals surface area contributed by atoms with Crippen LogP contribution in [-0.4, -0.2) is 48.2 Å². The Morgan fingerprint density at radius 3 is 2.24 bits per heavy atom. The molecule has 4 aromatic carbocycles. The minimum absolute atomic E-state index is 0.0832. The molecule has 0 fully saturated rings. The van der Waals surface area contributed by atoms with E-state index in [0.717, 1.165) is 33.6 Å². The maximum atomic E-state index is 15.4. The fraction of sp³-hybridized carbons (Fsp3) is 0.257. The van der Waals surface area contributed by atoms with E-state index in [2.05, 4.69) is 15.3 Å². The van der Waals surface area contributed by atoms with Crippen molar-refractivity contribution >= 4 is 35.4 Å². The molecule has 0 aliphatic heterocycles. The van der Waals surface area contributed by atoms with E-state index >= 15 is 8.78 Å². The zero-order valence-electron chi connectivity index (χ0n) is 27.6. The van der Waals surface area contributed by atoms with Crippen molar-refractivity contribution in [1.29, 1.82) is 5.26 Å². The van der Waals surface area contributed by atoms with E-state index < -0.39 is 52.2 Å². The second-order valence-corrected chi connectivity index (χ2v) is 16.1. The van der Waals surface area contributed by atoms with E-state index in [-0.39, 0.29) is 35.7 Å². The number of benzene rings is 4. The van der Waals surface area contributed by atoms with E-state index in [9.17, 15) is 27.9 Å². The molecule has 1 unspecified atom stereocenters. The molecule has 0 aliphatic carbocycles. The topological polar surface area (TPSA) is 163 Å². The largest absolute Gasteiger partial charge is 0.506 e. The summed E-state index contributed by atoms with van der Waals surface area (Å²) in [5, 5.41) is 17.4. The van der Waals surface area contributed by atoms with Gasteiger partial charge in [0.25, 0.3) is 0 Å². The average molecular weight is 763 g/mol. The van der Waals surface area contributed by atoms with Crippen LogP contribution in [0.4, 0.5) is 13.6 Å². The van der Waals surface area contributed by atoms with E-state index in [1.807, 2.05) is 6.07 Å². The lowest BCUT2D eigenvalue weighted by Crippen LogP contribution is -2.30. The highest BCUT2D eigenvalue weighted by Gasteiger charge is 2.54. The van der Waals surface area contributed by atoms with E-state index in [1.54, 1.807) is 48.5 Å². The molecule has 51 heavy (non-hydrogen) atoms. The number of hydrogen-bond donors (Lipinski definition) is 2. The van der Waals surface area contributed by atoms with Gasteiger partial charge in [0.2, 0.25) is 10.0 Å². The van der Waals surface area contributed by atoms with Crippen LogP contribution < -0.4 is 4.74 Å². The molecule has 0 bridgehead atoms. The third-order valence-corrected chi connectivity index (χ3v) is 11.4. The molecule has 0 spiro atoms. The predicted octanol–water partition coefficient (Wildman–Crippen LogP) is 8.39. The SMILES string of the molecule is COc1ccccc1S(=O)(=O)N(Cc1ccc(-c2cccc(C#N)c2)cc1)Cc1ccc(C(F)(F)P(=O)(O)OCCC(C)(C)OC(=O)O)c(Cl)c1. The number of halogens is 3. The molecule has 11 nitrogen and oxygen atoms in total. The van der Waals surface area contributed by atoms with Crippen LogP contribution in [0, 0.1) is 11.3 Å². The first kappa shape index (κ1) is 39.4. The molecule has 2 N–H and O–H groups in total. The molecule has 0 amide bonds. The molecule has 4 aromatic rings. The number of rotatable bonds is 15. The lowest BCUT2D eigenvalue weighted by molar-refractivity contribution is -0.0120. The van der Waals surface area contributed by atoms with Crippen LogP contribution in [0.15, 0.2) is 95.9 Å². The van der Waals surface area contributed by atoms with Gasteiger partial charge < -0.3 is 24.0 Å². The van der Waals surface area contributed by atoms with Gasteiger partial charge >= 0.3 is 19.4 Å². The van der Waals surface area contributed by atoms with Crippen LogP contribution in [0.25, 0.3) is 11.1 Å². The normalized spacial score (nSPS) is 13.3. The molecule has 0 radical (unpaired) electrons. The molecule has 1 atom stereocenters. The molecular weight excluding hydrogens is 729 g/mol. The zero-order chi connectivity index (χ0) is 37.6. The van der Waals surface area contributed by atoms with Crippen molar-refractivity contribution in [3.05, 3.63) is 118 Å². The summed E-state index contributed by atoms with van der Waals surface area (Å²) >= 11 is 6.24. The monoisotopic (exact) mass is 762 g/mol. The number of nitriles is 1. The summed E-state index contributed by atoms with van der Waals surface area (Å²) in [6, 6.07) is 25.1. The number of hydrogen-bond acceptors (Lipinski definition) is 8. The molecule has 4 rings (SSSR count). The Balaban J connectivity index is 1.62. The van der Waals surface area contributed by atoms with Crippen molar-refractivity contribution in [2.45, 2.75) is 49.5 Å². The first-order valence-electron chi connectivity index (χ1n) is 15.2. The molecule has 0 aromatic heterocycles. The number of alkyl halides is 2. The lowest BCUT2D eigenvalue weighted by atomic mass is 10.0. The van der Waals surface area contributed by atoms with Crippen molar-refractivity contribution in [2.24, 2.45) is 0 Å². The van der Waals surface area contributed by atoms with E-state index in [1.165, 1.54) is 39.2 Å². The Morgan fingerprint density at radius 2 is 1.61 bits per heavy atom. The summed E-state index contributed by atoms with van der Waals surface area (Å²) in [7, 11) is -8.68. The van der Waals surface area contributed by atoms with Gasteiger partial charge in [-0.15, -0.1) is 0 Å². The third kappa shape index (κ3) is 9.51. The molecule has 0 heterocycles. The van der Waals surface area contributed by atoms with Gasteiger partial charge in [-0.25, -0.2) is 13.2 Å². The van der Waals surface area contributed by atoms with Gasteiger partial charge in [0.05, 0.1) is 35.9 Å².